The molecule has 1 aliphatic carbocycles. The van der Waals surface area contributed by atoms with E-state index >= 15 is 0 Å². The summed E-state index contributed by atoms with van der Waals surface area (Å²) in [6.45, 7) is 5.03. The first kappa shape index (κ1) is 17.1. The van der Waals surface area contributed by atoms with Gasteiger partial charge in [-0.25, -0.2) is 4.98 Å². The van der Waals surface area contributed by atoms with Gasteiger partial charge in [0.15, 0.2) is 0 Å². The molecule has 1 saturated carbocycles. The number of imidazole rings is 1. The maximum Gasteiger partial charge on any atom is 0.137 e. The Morgan fingerprint density at radius 2 is 1.88 bits per heavy atom. The third-order valence-corrected chi connectivity index (χ3v) is 5.67. The monoisotopic (exact) mass is 349 g/mol. The molecule has 0 unspecified atom stereocenters. The number of hydrogen-bond donors (Lipinski definition) is 0. The highest BCUT2D eigenvalue weighted by atomic mass is 16.5. The number of aromatic nitrogens is 3. The predicted molar refractivity (Wildman–Crippen MR) is 103 cm³/mol. The average molecular weight is 349 g/mol. The normalized spacial score (nSPS) is 15.0. The van der Waals surface area contributed by atoms with E-state index in [0.29, 0.717) is 5.92 Å². The minimum atomic E-state index is 0.645. The molecule has 0 atom stereocenters. The molecule has 3 aromatic rings. The van der Waals surface area contributed by atoms with E-state index in [1.807, 2.05) is 20.2 Å². The van der Waals surface area contributed by atoms with Crippen LogP contribution < -0.4 is 0 Å². The second kappa shape index (κ2) is 7.48. The SMILES string of the molecule is Cc1noc(C)c1CCCn1cnc(-c2ccccc2)c1C1CCCC1. The molecule has 4 nitrogen and oxygen atoms in total. The molecular formula is C22H27N3O. The first-order valence-corrected chi connectivity index (χ1v) is 9.76. The van der Waals surface area contributed by atoms with E-state index in [9.17, 15) is 0 Å². The molecule has 2 heterocycles. The number of hydrogen-bond acceptors (Lipinski definition) is 3. The topological polar surface area (TPSA) is 43.9 Å². The van der Waals surface area contributed by atoms with Gasteiger partial charge < -0.3 is 9.09 Å². The molecule has 26 heavy (non-hydrogen) atoms. The highest BCUT2D eigenvalue weighted by Gasteiger charge is 2.25. The largest absolute Gasteiger partial charge is 0.361 e. The van der Waals surface area contributed by atoms with Crippen LogP contribution in [0, 0.1) is 13.8 Å². The molecule has 0 amide bonds. The Kier molecular flexibility index (Phi) is 4.91. The van der Waals surface area contributed by atoms with E-state index in [1.165, 1.54) is 48.2 Å². The molecule has 4 rings (SSSR count). The summed E-state index contributed by atoms with van der Waals surface area (Å²) in [4.78, 5) is 4.81. The van der Waals surface area contributed by atoms with Crippen LogP contribution in [-0.2, 0) is 13.0 Å². The predicted octanol–water partition coefficient (Wildman–Crippen LogP) is 5.45. The lowest BCUT2D eigenvalue weighted by Crippen LogP contribution is -2.07. The fraction of sp³-hybridized carbons (Fsp3) is 0.455. The Hall–Kier alpha value is -2.36. The van der Waals surface area contributed by atoms with E-state index in [-0.39, 0.29) is 0 Å². The van der Waals surface area contributed by atoms with Gasteiger partial charge in [-0.05, 0) is 39.5 Å². The van der Waals surface area contributed by atoms with Crippen molar-refractivity contribution in [2.75, 3.05) is 0 Å². The second-order valence-corrected chi connectivity index (χ2v) is 7.43. The van der Waals surface area contributed by atoms with Crippen molar-refractivity contribution in [1.82, 2.24) is 14.7 Å². The highest BCUT2D eigenvalue weighted by molar-refractivity contribution is 5.62. The smallest absolute Gasteiger partial charge is 0.137 e. The molecule has 0 aliphatic heterocycles. The van der Waals surface area contributed by atoms with Crippen molar-refractivity contribution < 1.29 is 4.52 Å². The lowest BCUT2D eigenvalue weighted by atomic mass is 9.98. The van der Waals surface area contributed by atoms with Gasteiger partial charge in [-0.2, -0.15) is 0 Å². The van der Waals surface area contributed by atoms with Crippen LogP contribution in [0.25, 0.3) is 11.3 Å². The van der Waals surface area contributed by atoms with Crippen LogP contribution in [0.4, 0.5) is 0 Å². The van der Waals surface area contributed by atoms with Crippen molar-refractivity contribution in [2.24, 2.45) is 0 Å². The van der Waals surface area contributed by atoms with Crippen molar-refractivity contribution in [3.63, 3.8) is 0 Å². The molecule has 0 spiro atoms. The Morgan fingerprint density at radius 1 is 1.12 bits per heavy atom. The molecule has 136 valence electrons. The van der Waals surface area contributed by atoms with E-state index < -0.39 is 0 Å². The first-order valence-electron chi connectivity index (χ1n) is 9.76. The van der Waals surface area contributed by atoms with Crippen molar-refractivity contribution in [2.45, 2.75) is 64.8 Å². The van der Waals surface area contributed by atoms with Crippen LogP contribution in [0.1, 0.15) is 60.7 Å². The first-order chi connectivity index (χ1) is 12.7. The van der Waals surface area contributed by atoms with Gasteiger partial charge in [-0.3, -0.25) is 0 Å². The van der Waals surface area contributed by atoms with Crippen LogP contribution in [-0.4, -0.2) is 14.7 Å². The quantitative estimate of drug-likeness (QED) is 0.595. The summed E-state index contributed by atoms with van der Waals surface area (Å²) >= 11 is 0. The molecule has 1 aliphatic rings. The fourth-order valence-corrected chi connectivity index (χ4v) is 4.30. The summed E-state index contributed by atoms with van der Waals surface area (Å²) in [5.41, 5.74) is 6.13. The van der Waals surface area contributed by atoms with Gasteiger partial charge in [0, 0.05) is 29.3 Å². The van der Waals surface area contributed by atoms with Crippen LogP contribution in [0.5, 0.6) is 0 Å². The van der Waals surface area contributed by atoms with Gasteiger partial charge >= 0.3 is 0 Å². The molecule has 0 bridgehead atoms. The zero-order valence-electron chi connectivity index (χ0n) is 15.7. The van der Waals surface area contributed by atoms with Crippen LogP contribution in [0.2, 0.25) is 0 Å². The fourth-order valence-electron chi connectivity index (χ4n) is 4.30. The average Bonchev–Trinajstić information content (AvgIpc) is 3.38. The Morgan fingerprint density at radius 3 is 2.58 bits per heavy atom. The van der Waals surface area contributed by atoms with E-state index in [4.69, 9.17) is 9.51 Å². The molecule has 0 saturated heterocycles. The molecule has 4 heteroatoms. The van der Waals surface area contributed by atoms with Crippen LogP contribution in [0.15, 0.2) is 41.2 Å². The summed E-state index contributed by atoms with van der Waals surface area (Å²) < 4.78 is 7.70. The van der Waals surface area contributed by atoms with Crippen molar-refractivity contribution >= 4 is 0 Å². The van der Waals surface area contributed by atoms with Crippen LogP contribution >= 0.6 is 0 Å². The molecular weight excluding hydrogens is 322 g/mol. The maximum absolute atomic E-state index is 5.30. The zero-order valence-corrected chi connectivity index (χ0v) is 15.7. The Balaban J connectivity index is 1.56. The highest BCUT2D eigenvalue weighted by Crippen LogP contribution is 2.39. The van der Waals surface area contributed by atoms with Gasteiger partial charge in [0.2, 0.25) is 0 Å². The van der Waals surface area contributed by atoms with Crippen molar-refractivity contribution in [3.05, 3.63) is 59.4 Å². The van der Waals surface area contributed by atoms with Crippen molar-refractivity contribution in [1.29, 1.82) is 0 Å². The van der Waals surface area contributed by atoms with E-state index in [0.717, 1.165) is 30.8 Å². The Labute approximate surface area is 155 Å². The number of nitrogens with zero attached hydrogens (tertiary/aromatic N) is 3. The van der Waals surface area contributed by atoms with Gasteiger partial charge in [0.25, 0.3) is 0 Å². The molecule has 0 radical (unpaired) electrons. The van der Waals surface area contributed by atoms with Gasteiger partial charge in [0.05, 0.1) is 17.7 Å². The molecule has 0 N–H and O–H groups in total. The lowest BCUT2D eigenvalue weighted by molar-refractivity contribution is 0.392. The second-order valence-electron chi connectivity index (χ2n) is 7.43. The minimum Gasteiger partial charge on any atom is -0.361 e. The maximum atomic E-state index is 5.30. The molecule has 1 aromatic carbocycles. The minimum absolute atomic E-state index is 0.645. The summed E-state index contributed by atoms with van der Waals surface area (Å²) in [7, 11) is 0. The third kappa shape index (κ3) is 3.33. The number of benzene rings is 1. The zero-order chi connectivity index (χ0) is 17.9. The summed E-state index contributed by atoms with van der Waals surface area (Å²) in [6.07, 6.45) is 9.37. The lowest BCUT2D eigenvalue weighted by Gasteiger charge is -2.16. The van der Waals surface area contributed by atoms with Crippen LogP contribution in [0.3, 0.4) is 0 Å². The molecule has 2 aromatic heterocycles. The van der Waals surface area contributed by atoms with Crippen molar-refractivity contribution in [3.8, 4) is 11.3 Å². The van der Waals surface area contributed by atoms with Gasteiger partial charge in [0.1, 0.15) is 5.76 Å². The summed E-state index contributed by atoms with van der Waals surface area (Å²) in [6, 6.07) is 10.6. The van der Waals surface area contributed by atoms with Gasteiger partial charge in [-0.1, -0.05) is 48.3 Å². The third-order valence-electron chi connectivity index (χ3n) is 5.67. The Bertz CT molecular complexity index is 837. The summed E-state index contributed by atoms with van der Waals surface area (Å²) in [5.74, 6) is 1.60. The van der Waals surface area contributed by atoms with E-state index in [1.54, 1.807) is 0 Å². The molecule has 1 fully saturated rings. The number of rotatable bonds is 6. The standard InChI is InChI=1S/C22H27N3O/c1-16-20(17(2)26-24-16)13-8-14-25-15-23-21(18-9-4-3-5-10-18)22(25)19-11-6-7-12-19/h3-5,9-10,15,19H,6-8,11-14H2,1-2H3. The number of aryl methyl sites for hydroxylation is 3. The van der Waals surface area contributed by atoms with Gasteiger partial charge in [-0.15, -0.1) is 0 Å². The summed E-state index contributed by atoms with van der Waals surface area (Å²) in [5, 5.41) is 4.07. The van der Waals surface area contributed by atoms with E-state index in [2.05, 4.69) is 40.1 Å².